The molecule has 0 radical (unpaired) electrons. The molecule has 1 aromatic heterocycles. The van der Waals surface area contributed by atoms with E-state index in [1.165, 1.54) is 5.38 Å². The van der Waals surface area contributed by atoms with Crippen molar-refractivity contribution in [2.24, 2.45) is 0 Å². The molecule has 1 atom stereocenters. The van der Waals surface area contributed by atoms with Gasteiger partial charge in [0.25, 0.3) is 15.0 Å². The van der Waals surface area contributed by atoms with Crippen molar-refractivity contribution in [1.82, 2.24) is 5.32 Å². The molecule has 0 aliphatic carbocycles. The van der Waals surface area contributed by atoms with E-state index in [2.05, 4.69) is 5.32 Å². The highest BCUT2D eigenvalue weighted by molar-refractivity contribution is 8.15. The highest BCUT2D eigenvalue weighted by atomic mass is 35.7. The minimum Gasteiger partial charge on any atom is -0.383 e. The van der Waals surface area contributed by atoms with Gasteiger partial charge < -0.3 is 10.1 Å². The molecule has 0 aliphatic heterocycles. The first-order valence-electron chi connectivity index (χ1n) is 6.13. The summed E-state index contributed by atoms with van der Waals surface area (Å²) in [5.74, 6) is -0.305. The zero-order valence-corrected chi connectivity index (χ0v) is 14.0. The van der Waals surface area contributed by atoms with Gasteiger partial charge in [0.2, 0.25) is 0 Å². The second kappa shape index (κ2) is 7.40. The van der Waals surface area contributed by atoms with Crippen LogP contribution >= 0.6 is 22.0 Å². The van der Waals surface area contributed by atoms with Crippen LogP contribution in [0.15, 0.2) is 9.59 Å². The van der Waals surface area contributed by atoms with E-state index in [0.29, 0.717) is 17.7 Å². The Morgan fingerprint density at radius 3 is 2.65 bits per heavy atom. The molecular weight excluding hydrogens is 322 g/mol. The Bertz CT molecular complexity index is 562. The molecule has 0 aromatic carbocycles. The molecule has 1 unspecified atom stereocenters. The number of carbonyl (C=O) groups is 1. The Kier molecular flexibility index (Phi) is 6.44. The van der Waals surface area contributed by atoms with Crippen LogP contribution in [0.5, 0.6) is 0 Å². The van der Waals surface area contributed by atoms with E-state index < -0.39 is 9.05 Å². The second-order valence-corrected chi connectivity index (χ2v) is 8.05. The van der Waals surface area contributed by atoms with Crippen molar-refractivity contribution in [2.45, 2.75) is 36.9 Å². The molecule has 20 heavy (non-hydrogen) atoms. The number of rotatable bonds is 7. The lowest BCUT2D eigenvalue weighted by Gasteiger charge is -2.17. The fourth-order valence-electron chi connectivity index (χ4n) is 1.87. The molecule has 1 rings (SSSR count). The van der Waals surface area contributed by atoms with Gasteiger partial charge in [0.05, 0.1) is 18.2 Å². The number of thiophene rings is 1. The van der Waals surface area contributed by atoms with Crippen LogP contribution in [0.25, 0.3) is 0 Å². The Hall–Kier alpha value is -0.630. The van der Waals surface area contributed by atoms with Crippen molar-refractivity contribution >= 4 is 37.0 Å². The first kappa shape index (κ1) is 17.4. The largest absolute Gasteiger partial charge is 0.383 e. The molecule has 1 aromatic rings. The van der Waals surface area contributed by atoms with Gasteiger partial charge >= 0.3 is 0 Å². The van der Waals surface area contributed by atoms with Crippen molar-refractivity contribution in [2.75, 3.05) is 13.7 Å². The number of hydrogen-bond acceptors (Lipinski definition) is 5. The lowest BCUT2D eigenvalue weighted by molar-refractivity contribution is 0.0891. The monoisotopic (exact) mass is 339 g/mol. The molecule has 0 fully saturated rings. The Labute approximate surface area is 127 Å². The summed E-state index contributed by atoms with van der Waals surface area (Å²) in [7, 11) is 3.08. The number of nitrogens with one attached hydrogen (secondary N) is 1. The molecule has 1 heterocycles. The fourth-order valence-corrected chi connectivity index (χ4v) is 4.42. The standard InChI is InChI=1S/C12H18ClNO4S2/c1-4-5-9(6-18-3)14-11(15)10-7-19-12(8(10)2)20(13,16)17/h7,9H,4-6H2,1-3H3,(H,14,15). The number of methoxy groups -OCH3 is 1. The van der Waals surface area contributed by atoms with Gasteiger partial charge in [-0.1, -0.05) is 13.3 Å². The summed E-state index contributed by atoms with van der Waals surface area (Å²) in [5.41, 5.74) is 0.724. The molecular formula is C12H18ClNO4S2. The van der Waals surface area contributed by atoms with E-state index in [1.807, 2.05) is 6.92 Å². The number of ether oxygens (including phenoxy) is 1. The molecule has 8 heteroatoms. The van der Waals surface area contributed by atoms with Crippen LogP contribution in [0.3, 0.4) is 0 Å². The number of carbonyl (C=O) groups excluding carboxylic acids is 1. The van der Waals surface area contributed by atoms with E-state index in [9.17, 15) is 13.2 Å². The first-order valence-corrected chi connectivity index (χ1v) is 9.32. The van der Waals surface area contributed by atoms with Crippen LogP contribution in [0.4, 0.5) is 0 Å². The molecule has 0 saturated heterocycles. The van der Waals surface area contributed by atoms with Gasteiger partial charge in [0.1, 0.15) is 4.21 Å². The highest BCUT2D eigenvalue weighted by Crippen LogP contribution is 2.29. The number of amides is 1. The summed E-state index contributed by atoms with van der Waals surface area (Å²) in [6, 6.07) is -0.0899. The molecule has 0 saturated carbocycles. The Balaban J connectivity index is 2.90. The SMILES string of the molecule is CCCC(COC)NC(=O)c1csc(S(=O)(=O)Cl)c1C. The summed E-state index contributed by atoms with van der Waals surface area (Å²) in [6.07, 6.45) is 1.71. The van der Waals surface area contributed by atoms with Crippen molar-refractivity contribution in [1.29, 1.82) is 0 Å². The molecule has 114 valence electrons. The van der Waals surface area contributed by atoms with Gasteiger partial charge in [-0.15, -0.1) is 11.3 Å². The number of hydrogen-bond donors (Lipinski definition) is 1. The van der Waals surface area contributed by atoms with Crippen molar-refractivity contribution in [3.63, 3.8) is 0 Å². The third kappa shape index (κ3) is 4.44. The van der Waals surface area contributed by atoms with E-state index in [0.717, 1.165) is 24.2 Å². The molecule has 0 aliphatic rings. The lowest BCUT2D eigenvalue weighted by Crippen LogP contribution is -2.38. The third-order valence-electron chi connectivity index (χ3n) is 2.80. The summed E-state index contributed by atoms with van der Waals surface area (Å²) in [6.45, 7) is 4.01. The molecule has 0 spiro atoms. The van der Waals surface area contributed by atoms with Crippen molar-refractivity contribution < 1.29 is 17.9 Å². The topological polar surface area (TPSA) is 72.5 Å². The summed E-state index contributed by atoms with van der Waals surface area (Å²) in [4.78, 5) is 12.2. The van der Waals surface area contributed by atoms with Crippen molar-refractivity contribution in [3.05, 3.63) is 16.5 Å². The fraction of sp³-hybridized carbons (Fsp3) is 0.583. The second-order valence-electron chi connectivity index (χ2n) is 4.41. The van der Waals surface area contributed by atoms with Gasteiger partial charge in [0, 0.05) is 23.2 Å². The molecule has 5 nitrogen and oxygen atoms in total. The average molecular weight is 340 g/mol. The summed E-state index contributed by atoms with van der Waals surface area (Å²) >= 11 is 0.953. The Morgan fingerprint density at radius 2 is 2.20 bits per heavy atom. The molecule has 0 bridgehead atoms. The Morgan fingerprint density at radius 1 is 1.55 bits per heavy atom. The minimum absolute atomic E-state index is 0.0168. The van der Waals surface area contributed by atoms with Crippen LogP contribution in [-0.2, 0) is 13.8 Å². The van der Waals surface area contributed by atoms with Gasteiger partial charge in [0.15, 0.2) is 0 Å². The van der Waals surface area contributed by atoms with Crippen LogP contribution in [-0.4, -0.2) is 34.1 Å². The van der Waals surface area contributed by atoms with Crippen LogP contribution in [0, 0.1) is 6.92 Å². The zero-order chi connectivity index (χ0) is 15.3. The van der Waals surface area contributed by atoms with Gasteiger partial charge in [-0.25, -0.2) is 8.42 Å². The van der Waals surface area contributed by atoms with Gasteiger partial charge in [-0.3, -0.25) is 4.79 Å². The highest BCUT2D eigenvalue weighted by Gasteiger charge is 2.23. The zero-order valence-electron chi connectivity index (χ0n) is 11.6. The summed E-state index contributed by atoms with van der Waals surface area (Å²) < 4.78 is 27.8. The third-order valence-corrected chi connectivity index (χ3v) is 6.11. The maximum absolute atomic E-state index is 12.2. The minimum atomic E-state index is -3.81. The average Bonchev–Trinajstić information content (AvgIpc) is 2.71. The normalized spacial score (nSPS) is 13.2. The smallest absolute Gasteiger partial charge is 0.271 e. The van der Waals surface area contributed by atoms with Gasteiger partial charge in [-0.2, -0.15) is 0 Å². The maximum Gasteiger partial charge on any atom is 0.271 e. The van der Waals surface area contributed by atoms with Crippen LogP contribution in [0.1, 0.15) is 35.7 Å². The quantitative estimate of drug-likeness (QED) is 0.775. The van der Waals surface area contributed by atoms with E-state index in [4.69, 9.17) is 15.4 Å². The first-order chi connectivity index (χ1) is 9.31. The number of halogens is 1. The van der Waals surface area contributed by atoms with Gasteiger partial charge in [-0.05, 0) is 18.9 Å². The van der Waals surface area contributed by atoms with Crippen LogP contribution in [0.2, 0.25) is 0 Å². The van der Waals surface area contributed by atoms with Crippen LogP contribution < -0.4 is 5.32 Å². The predicted octanol–water partition coefficient (Wildman–Crippen LogP) is 2.53. The molecule has 1 N–H and O–H groups in total. The van der Waals surface area contributed by atoms with E-state index in [1.54, 1.807) is 14.0 Å². The molecule has 1 amide bonds. The predicted molar refractivity (Wildman–Crippen MR) is 80.1 cm³/mol. The summed E-state index contributed by atoms with van der Waals surface area (Å²) in [5, 5.41) is 4.36. The maximum atomic E-state index is 12.2. The van der Waals surface area contributed by atoms with Crippen molar-refractivity contribution in [3.8, 4) is 0 Å². The van der Waals surface area contributed by atoms with E-state index >= 15 is 0 Å². The lowest BCUT2D eigenvalue weighted by atomic mass is 10.1. The van der Waals surface area contributed by atoms with E-state index in [-0.39, 0.29) is 16.2 Å².